The molecular formula is C10H14IN3O4. The maximum Gasteiger partial charge on any atom is 0.352 e. The summed E-state index contributed by atoms with van der Waals surface area (Å²) in [5.41, 5.74) is 4.87. The van der Waals surface area contributed by atoms with Crippen molar-refractivity contribution in [1.82, 2.24) is 9.55 Å². The number of anilines is 1. The van der Waals surface area contributed by atoms with Gasteiger partial charge < -0.3 is 20.7 Å². The van der Waals surface area contributed by atoms with Gasteiger partial charge >= 0.3 is 5.69 Å². The van der Waals surface area contributed by atoms with E-state index in [0.29, 0.717) is 0 Å². The first-order valence-corrected chi connectivity index (χ1v) is 6.49. The van der Waals surface area contributed by atoms with Gasteiger partial charge in [-0.25, -0.2) is 4.79 Å². The van der Waals surface area contributed by atoms with E-state index in [0.717, 1.165) is 0 Å². The fourth-order valence-electron chi connectivity index (χ4n) is 1.99. The summed E-state index contributed by atoms with van der Waals surface area (Å²) in [6.07, 6.45) is -0.0993. The Kier molecular flexibility index (Phi) is 3.63. The molecule has 0 spiro atoms. The first-order chi connectivity index (χ1) is 8.40. The smallest absolute Gasteiger partial charge is 0.352 e. The Bertz CT molecular complexity index is 508. The lowest BCUT2D eigenvalue weighted by molar-refractivity contribution is -0.0583. The molecule has 0 aliphatic carbocycles. The number of aromatic nitrogens is 2. The van der Waals surface area contributed by atoms with E-state index in [1.165, 1.54) is 16.8 Å². The Labute approximate surface area is 117 Å². The van der Waals surface area contributed by atoms with Crippen LogP contribution in [0.4, 0.5) is 5.82 Å². The highest BCUT2D eigenvalue weighted by Gasteiger charge is 2.52. The number of alkyl halides is 1. The van der Waals surface area contributed by atoms with E-state index in [9.17, 15) is 9.90 Å². The lowest BCUT2D eigenvalue weighted by atomic mass is 10.0. The van der Waals surface area contributed by atoms with Crippen molar-refractivity contribution < 1.29 is 14.9 Å². The molecule has 0 unspecified atom stereocenters. The van der Waals surface area contributed by atoms with Gasteiger partial charge in [-0.15, -0.1) is 0 Å². The fourth-order valence-corrected chi connectivity index (χ4v) is 3.05. The van der Waals surface area contributed by atoms with E-state index >= 15 is 0 Å². The molecule has 0 saturated carbocycles. The van der Waals surface area contributed by atoms with E-state index in [4.69, 9.17) is 15.6 Å². The van der Waals surface area contributed by atoms with Gasteiger partial charge in [0, 0.05) is 12.1 Å². The minimum Gasteiger partial charge on any atom is -0.394 e. The number of hydrogen-bond donors (Lipinski definition) is 3. The van der Waals surface area contributed by atoms with Crippen LogP contribution in [0, 0.1) is 5.92 Å². The zero-order valence-electron chi connectivity index (χ0n) is 9.65. The molecule has 0 aromatic carbocycles. The molecule has 2 heterocycles. The van der Waals surface area contributed by atoms with Crippen molar-refractivity contribution in [1.29, 1.82) is 0 Å². The normalized spacial score (nSPS) is 35.9. The maximum absolute atomic E-state index is 11.8. The first-order valence-electron chi connectivity index (χ1n) is 5.41. The van der Waals surface area contributed by atoms with E-state index in [1.807, 2.05) is 22.6 Å². The molecule has 0 bridgehead atoms. The number of nitrogens with two attached hydrogens (primary N) is 1. The highest BCUT2D eigenvalue weighted by Crippen LogP contribution is 2.44. The van der Waals surface area contributed by atoms with Crippen molar-refractivity contribution in [3.8, 4) is 0 Å². The highest BCUT2D eigenvalue weighted by atomic mass is 127. The second-order valence-corrected chi connectivity index (χ2v) is 5.78. The van der Waals surface area contributed by atoms with Crippen LogP contribution < -0.4 is 11.4 Å². The second kappa shape index (κ2) is 4.76. The molecule has 0 amide bonds. The first kappa shape index (κ1) is 13.7. The van der Waals surface area contributed by atoms with Crippen LogP contribution in [0.15, 0.2) is 17.1 Å². The zero-order chi connectivity index (χ0) is 13.5. The summed E-state index contributed by atoms with van der Waals surface area (Å²) in [6.45, 7) is 1.43. The number of ether oxygens (including phenoxy) is 1. The van der Waals surface area contributed by atoms with Gasteiger partial charge in [0.25, 0.3) is 0 Å². The summed E-state index contributed by atoms with van der Waals surface area (Å²) in [6, 6.07) is 1.48. The fraction of sp³-hybridized carbons (Fsp3) is 0.600. The maximum atomic E-state index is 11.8. The van der Waals surface area contributed by atoms with Gasteiger partial charge in [-0.1, -0.05) is 6.92 Å². The number of aliphatic hydroxyl groups is 2. The van der Waals surface area contributed by atoms with E-state index in [2.05, 4.69) is 4.98 Å². The molecule has 1 aliphatic rings. The Morgan fingerprint density at radius 3 is 2.89 bits per heavy atom. The number of halogens is 1. The lowest BCUT2D eigenvalue weighted by Gasteiger charge is -2.28. The molecule has 7 nitrogen and oxygen atoms in total. The summed E-state index contributed by atoms with van der Waals surface area (Å²) < 4.78 is 5.79. The van der Waals surface area contributed by atoms with Crippen molar-refractivity contribution in [2.24, 2.45) is 5.92 Å². The highest BCUT2D eigenvalue weighted by molar-refractivity contribution is 14.1. The van der Waals surface area contributed by atoms with Crippen LogP contribution >= 0.6 is 22.6 Å². The summed E-state index contributed by atoms with van der Waals surface area (Å²) >= 11 is 1.94. The van der Waals surface area contributed by atoms with Gasteiger partial charge in [0.2, 0.25) is 3.73 Å². The van der Waals surface area contributed by atoms with Crippen LogP contribution in [0.2, 0.25) is 0 Å². The van der Waals surface area contributed by atoms with Crippen LogP contribution in [-0.2, 0) is 8.47 Å². The molecule has 1 aliphatic heterocycles. The standard InChI is InChI=1S/C10H14IN3O4/c1-5-8(16)6(4-15)18-10(5,11)14-3-2-7(12)13-9(14)17/h2-3,5-6,8,15-16H,4H2,1H3,(H2,12,13,17)/t5-,6-,8+,10+/m1/s1. The Morgan fingerprint density at radius 1 is 1.72 bits per heavy atom. The Hall–Kier alpha value is -0.710. The SMILES string of the molecule is C[C@@H]1[C@H](O)[C@@H](CO)O[C@@]1(I)n1ccc(N)nc1=O. The van der Waals surface area contributed by atoms with Gasteiger partial charge in [0.05, 0.1) is 12.7 Å². The summed E-state index contributed by atoms with van der Waals surface area (Å²) in [5, 5.41) is 19.1. The third-order valence-corrected chi connectivity index (χ3v) is 4.86. The molecule has 1 fully saturated rings. The number of nitrogens with zero attached hydrogens (tertiary/aromatic N) is 2. The molecule has 4 N–H and O–H groups in total. The van der Waals surface area contributed by atoms with Gasteiger partial charge in [0.15, 0.2) is 0 Å². The van der Waals surface area contributed by atoms with E-state index < -0.39 is 21.6 Å². The predicted octanol–water partition coefficient (Wildman–Crippen LogP) is -0.741. The third-order valence-electron chi connectivity index (χ3n) is 3.11. The summed E-state index contributed by atoms with van der Waals surface area (Å²) in [4.78, 5) is 15.5. The van der Waals surface area contributed by atoms with Crippen molar-refractivity contribution in [3.63, 3.8) is 0 Å². The number of nitrogen functional groups attached to an aromatic ring is 1. The minimum atomic E-state index is -1.08. The molecular weight excluding hydrogens is 353 g/mol. The quantitative estimate of drug-likeness (QED) is 0.469. The van der Waals surface area contributed by atoms with Crippen LogP contribution in [0.3, 0.4) is 0 Å². The van der Waals surface area contributed by atoms with E-state index in [1.54, 1.807) is 6.92 Å². The molecule has 4 atom stereocenters. The lowest BCUT2D eigenvalue weighted by Crippen LogP contribution is -2.41. The number of hydrogen-bond acceptors (Lipinski definition) is 6. The molecule has 8 heteroatoms. The Balaban J connectivity index is 2.46. The predicted molar refractivity (Wildman–Crippen MR) is 72.0 cm³/mol. The molecule has 1 aromatic rings. The van der Waals surface area contributed by atoms with Crippen molar-refractivity contribution >= 4 is 28.4 Å². The average Bonchev–Trinajstić information content (AvgIpc) is 2.54. The average molecular weight is 367 g/mol. The molecule has 1 saturated heterocycles. The third kappa shape index (κ3) is 2.02. The topological polar surface area (TPSA) is 111 Å². The molecule has 2 rings (SSSR count). The summed E-state index contributed by atoms with van der Waals surface area (Å²) in [7, 11) is 0. The van der Waals surface area contributed by atoms with Crippen molar-refractivity contribution in [2.75, 3.05) is 12.3 Å². The van der Waals surface area contributed by atoms with E-state index in [-0.39, 0.29) is 18.3 Å². The number of aliphatic hydroxyl groups excluding tert-OH is 2. The van der Waals surface area contributed by atoms with Crippen LogP contribution in [0.5, 0.6) is 0 Å². The largest absolute Gasteiger partial charge is 0.394 e. The molecule has 0 radical (unpaired) electrons. The molecule has 100 valence electrons. The summed E-state index contributed by atoms with van der Waals surface area (Å²) in [5.74, 6) is -0.250. The van der Waals surface area contributed by atoms with Crippen molar-refractivity contribution in [2.45, 2.75) is 22.9 Å². The van der Waals surface area contributed by atoms with Gasteiger partial charge in [-0.05, 0) is 28.7 Å². The monoisotopic (exact) mass is 367 g/mol. The van der Waals surface area contributed by atoms with Crippen LogP contribution in [0.1, 0.15) is 6.92 Å². The minimum absolute atomic E-state index is 0.126. The van der Waals surface area contributed by atoms with Gasteiger partial charge in [-0.3, -0.25) is 4.57 Å². The molecule has 18 heavy (non-hydrogen) atoms. The second-order valence-electron chi connectivity index (χ2n) is 4.23. The van der Waals surface area contributed by atoms with Crippen LogP contribution in [-0.4, -0.2) is 38.6 Å². The number of rotatable bonds is 2. The Morgan fingerprint density at radius 2 is 2.39 bits per heavy atom. The zero-order valence-corrected chi connectivity index (χ0v) is 11.8. The molecule has 1 aromatic heterocycles. The van der Waals surface area contributed by atoms with Crippen molar-refractivity contribution in [3.05, 3.63) is 22.7 Å². The van der Waals surface area contributed by atoms with Gasteiger partial charge in [0.1, 0.15) is 11.9 Å². The van der Waals surface area contributed by atoms with Crippen LogP contribution in [0.25, 0.3) is 0 Å². The van der Waals surface area contributed by atoms with Gasteiger partial charge in [-0.2, -0.15) is 4.98 Å².